The Hall–Kier alpha value is -2.56. The van der Waals surface area contributed by atoms with E-state index in [2.05, 4.69) is 18.9 Å². The van der Waals surface area contributed by atoms with Crippen LogP contribution in [0.3, 0.4) is 0 Å². The number of nitrogens with zero attached hydrogens (tertiary/aromatic N) is 3. The Morgan fingerprint density at radius 3 is 2.68 bits per heavy atom. The molecule has 0 amide bonds. The van der Waals surface area contributed by atoms with Crippen LogP contribution in [0.25, 0.3) is 16.8 Å². The average Bonchev–Trinajstić information content (AvgIpc) is 3.07. The van der Waals surface area contributed by atoms with Crippen molar-refractivity contribution in [2.24, 2.45) is 0 Å². The third-order valence-corrected chi connectivity index (χ3v) is 4.27. The molecule has 0 aliphatic rings. The smallest absolute Gasteiger partial charge is 0.276 e. The van der Waals surface area contributed by atoms with Crippen molar-refractivity contribution in [3.8, 4) is 17.0 Å². The monoisotopic (exact) mass is 339 g/mol. The zero-order valence-electron chi connectivity index (χ0n) is 14.9. The van der Waals surface area contributed by atoms with Crippen LogP contribution in [0, 0.1) is 0 Å². The van der Waals surface area contributed by atoms with Crippen LogP contribution in [0.2, 0.25) is 0 Å². The fraction of sp³-hybridized carbons (Fsp3) is 0.400. The number of ether oxygens (including phenoxy) is 1. The molecule has 0 bridgehead atoms. The fourth-order valence-electron chi connectivity index (χ4n) is 2.79. The van der Waals surface area contributed by atoms with Gasteiger partial charge in [-0.2, -0.15) is 5.10 Å². The maximum Gasteiger partial charge on any atom is 0.276 e. The van der Waals surface area contributed by atoms with Crippen molar-refractivity contribution < 1.29 is 4.74 Å². The number of rotatable bonds is 8. The van der Waals surface area contributed by atoms with Crippen molar-refractivity contribution in [1.29, 1.82) is 0 Å². The van der Waals surface area contributed by atoms with E-state index in [9.17, 15) is 4.79 Å². The van der Waals surface area contributed by atoms with Gasteiger partial charge in [-0.1, -0.05) is 38.8 Å². The van der Waals surface area contributed by atoms with E-state index >= 15 is 0 Å². The van der Waals surface area contributed by atoms with Gasteiger partial charge in [0.05, 0.1) is 12.3 Å². The molecule has 5 nitrogen and oxygen atoms in total. The topological polar surface area (TPSA) is 48.5 Å². The number of fused-ring (bicyclic) bond motifs is 1. The molecule has 0 spiro atoms. The number of benzene rings is 1. The maximum atomic E-state index is 12.6. The largest absolute Gasteiger partial charge is 0.493 e. The summed E-state index contributed by atoms with van der Waals surface area (Å²) in [6.07, 6.45) is 7.81. The van der Waals surface area contributed by atoms with E-state index in [0.29, 0.717) is 12.1 Å². The van der Waals surface area contributed by atoms with E-state index in [1.54, 1.807) is 9.08 Å². The summed E-state index contributed by atoms with van der Waals surface area (Å²) in [4.78, 5) is 12.6. The third kappa shape index (κ3) is 3.76. The summed E-state index contributed by atoms with van der Waals surface area (Å²) in [5.74, 6) is 0.811. The Bertz CT molecular complexity index is 895. The Morgan fingerprint density at radius 1 is 1.08 bits per heavy atom. The molecule has 25 heavy (non-hydrogen) atoms. The second kappa shape index (κ2) is 8.01. The summed E-state index contributed by atoms with van der Waals surface area (Å²) in [6, 6.07) is 9.71. The van der Waals surface area contributed by atoms with Gasteiger partial charge in [-0.25, -0.2) is 4.52 Å². The van der Waals surface area contributed by atoms with E-state index in [1.807, 2.05) is 42.7 Å². The number of aryl methyl sites for hydroxylation is 1. The molecule has 0 aliphatic heterocycles. The van der Waals surface area contributed by atoms with Crippen LogP contribution in [0.1, 0.15) is 39.5 Å². The SMILES string of the molecule is CCCCOc1ccccc1-c1cc2c(=O)n(CCCC)ccn2n1. The molecule has 2 aromatic heterocycles. The normalized spacial score (nSPS) is 11.1. The first-order chi connectivity index (χ1) is 12.2. The molecule has 0 aliphatic carbocycles. The molecule has 3 aromatic rings. The Morgan fingerprint density at radius 2 is 1.88 bits per heavy atom. The molecule has 0 unspecified atom stereocenters. The number of hydrogen-bond donors (Lipinski definition) is 0. The lowest BCUT2D eigenvalue weighted by Crippen LogP contribution is -2.21. The van der Waals surface area contributed by atoms with E-state index < -0.39 is 0 Å². The van der Waals surface area contributed by atoms with Gasteiger partial charge >= 0.3 is 0 Å². The molecular formula is C20H25N3O2. The fourth-order valence-corrected chi connectivity index (χ4v) is 2.79. The van der Waals surface area contributed by atoms with Gasteiger partial charge in [-0.05, 0) is 31.0 Å². The van der Waals surface area contributed by atoms with Crippen molar-refractivity contribution in [3.05, 3.63) is 53.1 Å². The van der Waals surface area contributed by atoms with Gasteiger partial charge in [-0.15, -0.1) is 0 Å². The average molecular weight is 339 g/mol. The van der Waals surface area contributed by atoms with Crippen LogP contribution in [0.4, 0.5) is 0 Å². The second-order valence-corrected chi connectivity index (χ2v) is 6.21. The summed E-state index contributed by atoms with van der Waals surface area (Å²) < 4.78 is 9.32. The molecule has 3 rings (SSSR count). The zero-order chi connectivity index (χ0) is 17.6. The number of unbranched alkanes of at least 4 members (excludes halogenated alkanes) is 2. The summed E-state index contributed by atoms with van der Waals surface area (Å²) in [5, 5.41) is 4.58. The molecular weight excluding hydrogens is 314 g/mol. The molecule has 1 aromatic carbocycles. The van der Waals surface area contributed by atoms with Crippen LogP contribution in [-0.4, -0.2) is 20.8 Å². The molecule has 0 saturated carbocycles. The lowest BCUT2D eigenvalue weighted by molar-refractivity contribution is 0.310. The van der Waals surface area contributed by atoms with Gasteiger partial charge in [0.25, 0.3) is 5.56 Å². The van der Waals surface area contributed by atoms with Crippen molar-refractivity contribution in [1.82, 2.24) is 14.2 Å². The van der Waals surface area contributed by atoms with Gasteiger partial charge in [0.1, 0.15) is 11.3 Å². The molecule has 132 valence electrons. The Balaban J connectivity index is 1.97. The Labute approximate surface area is 147 Å². The van der Waals surface area contributed by atoms with Crippen LogP contribution in [0.5, 0.6) is 5.75 Å². The highest BCUT2D eigenvalue weighted by Gasteiger charge is 2.12. The lowest BCUT2D eigenvalue weighted by Gasteiger charge is -2.09. The minimum Gasteiger partial charge on any atom is -0.493 e. The van der Waals surface area contributed by atoms with Gasteiger partial charge in [-0.3, -0.25) is 4.79 Å². The van der Waals surface area contributed by atoms with Gasteiger partial charge in [0, 0.05) is 24.5 Å². The van der Waals surface area contributed by atoms with E-state index in [1.165, 1.54) is 0 Å². The van der Waals surface area contributed by atoms with E-state index in [4.69, 9.17) is 4.74 Å². The van der Waals surface area contributed by atoms with Crippen molar-refractivity contribution in [2.45, 2.75) is 46.1 Å². The van der Waals surface area contributed by atoms with Crippen LogP contribution in [0.15, 0.2) is 47.5 Å². The first kappa shape index (κ1) is 17.3. The summed E-state index contributed by atoms with van der Waals surface area (Å²) in [5.41, 5.74) is 2.27. The predicted octanol–water partition coefficient (Wildman–Crippen LogP) is 4.14. The van der Waals surface area contributed by atoms with Crippen LogP contribution >= 0.6 is 0 Å². The summed E-state index contributed by atoms with van der Waals surface area (Å²) >= 11 is 0. The van der Waals surface area contributed by atoms with Crippen LogP contribution in [-0.2, 0) is 6.54 Å². The minimum atomic E-state index is -0.000850. The first-order valence-corrected chi connectivity index (χ1v) is 9.05. The molecule has 0 N–H and O–H groups in total. The highest BCUT2D eigenvalue weighted by Crippen LogP contribution is 2.29. The molecule has 0 fully saturated rings. The highest BCUT2D eigenvalue weighted by atomic mass is 16.5. The number of aromatic nitrogens is 3. The predicted molar refractivity (Wildman–Crippen MR) is 100 cm³/mol. The minimum absolute atomic E-state index is 0.000850. The number of para-hydroxylation sites is 1. The van der Waals surface area contributed by atoms with E-state index in [0.717, 1.165) is 49.2 Å². The molecule has 0 atom stereocenters. The van der Waals surface area contributed by atoms with Crippen molar-refractivity contribution >= 4 is 5.52 Å². The van der Waals surface area contributed by atoms with E-state index in [-0.39, 0.29) is 5.56 Å². The Kier molecular flexibility index (Phi) is 5.53. The zero-order valence-corrected chi connectivity index (χ0v) is 14.9. The van der Waals surface area contributed by atoms with Gasteiger partial charge in [0.2, 0.25) is 0 Å². The molecule has 0 radical (unpaired) electrons. The maximum absolute atomic E-state index is 12.6. The molecule has 2 heterocycles. The highest BCUT2D eigenvalue weighted by molar-refractivity contribution is 5.71. The molecule has 0 saturated heterocycles. The van der Waals surface area contributed by atoms with Gasteiger partial charge < -0.3 is 9.30 Å². The standard InChI is InChI=1S/C20H25N3O2/c1-3-5-11-22-12-13-23-18(20(22)24)15-17(21-23)16-9-7-8-10-19(16)25-14-6-4-2/h7-10,12-13,15H,3-6,11,14H2,1-2H3. The lowest BCUT2D eigenvalue weighted by atomic mass is 10.1. The van der Waals surface area contributed by atoms with Crippen molar-refractivity contribution in [2.75, 3.05) is 6.61 Å². The number of hydrogen-bond acceptors (Lipinski definition) is 3. The van der Waals surface area contributed by atoms with Crippen molar-refractivity contribution in [3.63, 3.8) is 0 Å². The second-order valence-electron chi connectivity index (χ2n) is 6.21. The first-order valence-electron chi connectivity index (χ1n) is 9.05. The quantitative estimate of drug-likeness (QED) is 0.580. The summed E-state index contributed by atoms with van der Waals surface area (Å²) in [7, 11) is 0. The molecule has 5 heteroatoms. The van der Waals surface area contributed by atoms with Gasteiger partial charge in [0.15, 0.2) is 0 Å². The van der Waals surface area contributed by atoms with Crippen LogP contribution < -0.4 is 10.3 Å². The summed E-state index contributed by atoms with van der Waals surface area (Å²) in [6.45, 7) is 5.69. The third-order valence-electron chi connectivity index (χ3n) is 4.27.